The smallest absolute Gasteiger partial charge is 0.315 e. The molecule has 178 valence electrons. The number of aromatic nitrogens is 2. The lowest BCUT2D eigenvalue weighted by Gasteiger charge is -2.30. The lowest BCUT2D eigenvalue weighted by atomic mass is 10.1. The second kappa shape index (κ2) is 9.40. The van der Waals surface area contributed by atoms with Crippen LogP contribution in [0.2, 0.25) is 0 Å². The Morgan fingerprint density at radius 2 is 2.12 bits per heavy atom. The van der Waals surface area contributed by atoms with Gasteiger partial charge in [0.2, 0.25) is 5.91 Å². The van der Waals surface area contributed by atoms with Crippen molar-refractivity contribution in [3.63, 3.8) is 0 Å². The third kappa shape index (κ3) is 4.67. The summed E-state index contributed by atoms with van der Waals surface area (Å²) in [5.41, 5.74) is 1.04. The molecule has 0 radical (unpaired) electrons. The van der Waals surface area contributed by atoms with E-state index >= 15 is 0 Å². The molecule has 4 heterocycles. The van der Waals surface area contributed by atoms with Gasteiger partial charge in [0, 0.05) is 34.2 Å². The molecule has 2 aromatic heterocycles. The van der Waals surface area contributed by atoms with Gasteiger partial charge < -0.3 is 30.3 Å². The van der Waals surface area contributed by atoms with Gasteiger partial charge >= 0.3 is 6.03 Å². The molecule has 4 amide bonds. The average molecular weight is 477 g/mol. The monoisotopic (exact) mass is 476 g/mol. The van der Waals surface area contributed by atoms with Gasteiger partial charge in [-0.1, -0.05) is 0 Å². The van der Waals surface area contributed by atoms with Crippen LogP contribution in [0.1, 0.15) is 23.3 Å². The Kier molecular flexibility index (Phi) is 6.56. The van der Waals surface area contributed by atoms with Gasteiger partial charge in [0.15, 0.2) is 0 Å². The van der Waals surface area contributed by atoms with E-state index in [1.807, 2.05) is 11.4 Å². The number of rotatable bonds is 1. The quantitative estimate of drug-likeness (QED) is 0.542. The molecule has 2 aromatic rings. The van der Waals surface area contributed by atoms with Crippen LogP contribution in [0.4, 0.5) is 4.79 Å². The first-order valence-electron chi connectivity index (χ1n) is 10.8. The first-order valence-corrected chi connectivity index (χ1v) is 11.6. The maximum absolute atomic E-state index is 13.4. The number of nitrogens with zero attached hydrogens (tertiary/aromatic N) is 4. The molecule has 0 spiro atoms. The fourth-order valence-electron chi connectivity index (χ4n) is 4.19. The van der Waals surface area contributed by atoms with Gasteiger partial charge in [-0.15, -0.1) is 11.3 Å². The summed E-state index contributed by atoms with van der Waals surface area (Å²) >= 11 is 1.45. The second-order valence-electron chi connectivity index (χ2n) is 8.29. The summed E-state index contributed by atoms with van der Waals surface area (Å²) < 4.78 is 7.60. The van der Waals surface area contributed by atoms with Crippen molar-refractivity contribution in [1.82, 2.24) is 30.2 Å². The minimum absolute atomic E-state index is 0.160. The number of amides is 4. The van der Waals surface area contributed by atoms with E-state index in [1.165, 1.54) is 28.0 Å². The Morgan fingerprint density at radius 3 is 2.88 bits per heavy atom. The molecule has 4 rings (SSSR count). The van der Waals surface area contributed by atoms with Gasteiger partial charge in [0.1, 0.15) is 29.8 Å². The number of ether oxygens (including phenoxy) is 1. The zero-order chi connectivity index (χ0) is 23.7. The molecule has 2 aliphatic heterocycles. The van der Waals surface area contributed by atoms with Crippen molar-refractivity contribution in [3.05, 3.63) is 23.2 Å². The highest BCUT2D eigenvalue weighted by molar-refractivity contribution is 7.14. The molecular weight excluding hydrogens is 448 g/mol. The van der Waals surface area contributed by atoms with Crippen LogP contribution in [0.3, 0.4) is 0 Å². The number of thiophene rings is 1. The lowest BCUT2D eigenvalue weighted by Crippen LogP contribution is -2.53. The van der Waals surface area contributed by atoms with Crippen LogP contribution in [-0.2, 0) is 11.8 Å². The van der Waals surface area contributed by atoms with E-state index in [1.54, 1.807) is 25.1 Å². The van der Waals surface area contributed by atoms with E-state index in [0.29, 0.717) is 23.6 Å². The minimum Gasteiger partial charge on any atom is -0.490 e. The van der Waals surface area contributed by atoms with Crippen LogP contribution < -0.4 is 15.4 Å². The Bertz CT molecular complexity index is 1050. The highest BCUT2D eigenvalue weighted by Gasteiger charge is 2.38. The highest BCUT2D eigenvalue weighted by Crippen LogP contribution is 2.36. The third-order valence-corrected chi connectivity index (χ3v) is 6.92. The molecule has 3 atom stereocenters. The molecule has 1 saturated heterocycles. The number of urea groups is 1. The van der Waals surface area contributed by atoms with Crippen molar-refractivity contribution in [2.75, 3.05) is 33.8 Å². The molecule has 0 saturated carbocycles. The average Bonchev–Trinajstić information content (AvgIpc) is 3.50. The van der Waals surface area contributed by atoms with E-state index in [2.05, 4.69) is 15.7 Å². The maximum atomic E-state index is 13.4. The summed E-state index contributed by atoms with van der Waals surface area (Å²) in [6, 6.07) is 1.85. The zero-order valence-electron chi connectivity index (χ0n) is 18.8. The van der Waals surface area contributed by atoms with Crippen LogP contribution in [0.25, 0.3) is 10.6 Å². The third-order valence-electron chi connectivity index (χ3n) is 6.00. The lowest BCUT2D eigenvalue weighted by molar-refractivity contribution is -0.135. The summed E-state index contributed by atoms with van der Waals surface area (Å²) in [7, 11) is 4.83. The van der Waals surface area contributed by atoms with Gasteiger partial charge in [-0.05, 0) is 30.4 Å². The molecule has 33 heavy (non-hydrogen) atoms. The molecule has 12 heteroatoms. The molecule has 3 N–H and O–H groups in total. The maximum Gasteiger partial charge on any atom is 0.315 e. The van der Waals surface area contributed by atoms with Crippen LogP contribution in [0.15, 0.2) is 17.5 Å². The highest BCUT2D eigenvalue weighted by atomic mass is 32.1. The molecular formula is C21H28N6O5S. The van der Waals surface area contributed by atoms with Crippen molar-refractivity contribution >= 4 is 29.2 Å². The van der Waals surface area contributed by atoms with E-state index in [9.17, 15) is 19.5 Å². The molecule has 1 fully saturated rings. The van der Waals surface area contributed by atoms with Crippen LogP contribution in [-0.4, -0.2) is 94.5 Å². The summed E-state index contributed by atoms with van der Waals surface area (Å²) in [6.07, 6.45) is -0.0804. The van der Waals surface area contributed by atoms with Crippen molar-refractivity contribution in [3.8, 4) is 16.3 Å². The van der Waals surface area contributed by atoms with Crippen LogP contribution in [0, 0.1) is 0 Å². The predicted molar refractivity (Wildman–Crippen MR) is 121 cm³/mol. The number of carbonyl (C=O) groups is 3. The Hall–Kier alpha value is -3.12. The fraction of sp³-hybridized carbons (Fsp3) is 0.524. The standard InChI is InChI=1S/C21H28N6O5S/c1-22-21(31)23-14-4-6-25(2)20(30)16-9-15(24-26(16)3)18-17(5-7-33-18)32-11-12-8-13(28)10-27(12)19(14)29/h5,7,9,12-14,28H,4,6,8,10-11H2,1-3H3,(H2,22,23,31)/t12-,13-,14-/m0/s1. The molecule has 2 bridgehead atoms. The van der Waals surface area contributed by atoms with E-state index in [0.717, 1.165) is 4.88 Å². The fourth-order valence-corrected chi connectivity index (χ4v) is 4.98. The van der Waals surface area contributed by atoms with Crippen molar-refractivity contribution in [2.24, 2.45) is 7.05 Å². The first kappa shape index (κ1) is 23.1. The normalized spacial score (nSPS) is 23.8. The molecule has 11 nitrogen and oxygen atoms in total. The largest absolute Gasteiger partial charge is 0.490 e. The summed E-state index contributed by atoms with van der Waals surface area (Å²) in [5.74, 6) is 0.0483. The van der Waals surface area contributed by atoms with Crippen molar-refractivity contribution in [1.29, 1.82) is 0 Å². The SMILES string of the molecule is CNC(=O)N[C@H]1CCN(C)C(=O)c2cc(nn2C)-c2sccc2OC[C@@H]2C[C@H](O)CN2C1=O. The van der Waals surface area contributed by atoms with Crippen molar-refractivity contribution in [2.45, 2.75) is 31.0 Å². The number of hydrogen-bond donors (Lipinski definition) is 3. The summed E-state index contributed by atoms with van der Waals surface area (Å²) in [6.45, 7) is 0.590. The van der Waals surface area contributed by atoms with E-state index < -0.39 is 18.2 Å². The molecule has 0 unspecified atom stereocenters. The van der Waals surface area contributed by atoms with Crippen molar-refractivity contribution < 1.29 is 24.2 Å². The van der Waals surface area contributed by atoms with E-state index in [4.69, 9.17) is 4.74 Å². The molecule has 0 aromatic carbocycles. The van der Waals surface area contributed by atoms with Gasteiger partial charge in [0.25, 0.3) is 5.91 Å². The molecule has 2 aliphatic rings. The Balaban J connectivity index is 1.70. The molecule has 0 aliphatic carbocycles. The van der Waals surface area contributed by atoms with Crippen LogP contribution in [0.5, 0.6) is 5.75 Å². The number of fused-ring (bicyclic) bond motifs is 5. The van der Waals surface area contributed by atoms with Gasteiger partial charge in [-0.25, -0.2) is 4.79 Å². The topological polar surface area (TPSA) is 129 Å². The Labute approximate surface area is 195 Å². The summed E-state index contributed by atoms with van der Waals surface area (Å²) in [4.78, 5) is 42.4. The van der Waals surface area contributed by atoms with E-state index in [-0.39, 0.29) is 44.0 Å². The number of hydrogen-bond acceptors (Lipinski definition) is 7. The minimum atomic E-state index is -0.864. The first-order chi connectivity index (χ1) is 15.8. The Morgan fingerprint density at radius 1 is 1.33 bits per heavy atom. The van der Waals surface area contributed by atoms with Gasteiger partial charge in [-0.3, -0.25) is 14.3 Å². The van der Waals surface area contributed by atoms with Gasteiger partial charge in [0.05, 0.1) is 17.0 Å². The number of nitrogens with one attached hydrogen (secondary N) is 2. The van der Waals surface area contributed by atoms with Gasteiger partial charge in [-0.2, -0.15) is 5.10 Å². The number of aliphatic hydroxyl groups excluding tert-OH is 1. The number of carbonyl (C=O) groups excluding carboxylic acids is 3. The second-order valence-corrected chi connectivity index (χ2v) is 9.20. The number of aryl methyl sites for hydroxylation is 1. The predicted octanol–water partition coefficient (Wildman–Crippen LogP) is 0.263. The number of aliphatic hydroxyl groups is 1. The zero-order valence-corrected chi connectivity index (χ0v) is 19.6. The summed E-state index contributed by atoms with van der Waals surface area (Å²) in [5, 5.41) is 21.8. The van der Waals surface area contributed by atoms with Crippen LogP contribution >= 0.6 is 11.3 Å².